The first-order valence-electron chi connectivity index (χ1n) is 8.09. The van der Waals surface area contributed by atoms with Crippen LogP contribution in [0.5, 0.6) is 0 Å². The van der Waals surface area contributed by atoms with Gasteiger partial charge in [-0.05, 0) is 41.3 Å². The number of aromatic carboxylic acids is 1. The fourth-order valence-electron chi connectivity index (χ4n) is 3.24. The Balaban J connectivity index is 1.83. The molecular weight excluding hydrogens is 357 g/mol. The molecule has 4 aromatic rings. The number of hydrogen-bond donors (Lipinski definition) is 1. The molecule has 27 heavy (non-hydrogen) atoms. The maximum absolute atomic E-state index is 13.1. The predicted octanol–water partition coefficient (Wildman–Crippen LogP) is 4.95. The van der Waals surface area contributed by atoms with Crippen LogP contribution in [0, 0.1) is 0 Å². The van der Waals surface area contributed by atoms with Crippen LogP contribution in [0.25, 0.3) is 21.7 Å². The highest BCUT2D eigenvalue weighted by Crippen LogP contribution is 2.34. The molecule has 0 saturated carbocycles. The number of aromatic nitrogens is 2. The zero-order chi connectivity index (χ0) is 19.2. The summed E-state index contributed by atoms with van der Waals surface area (Å²) in [6, 6.07) is 10.8. The van der Waals surface area contributed by atoms with Crippen molar-refractivity contribution in [3.63, 3.8) is 0 Å². The van der Waals surface area contributed by atoms with Crippen molar-refractivity contribution >= 4 is 27.6 Å². The van der Waals surface area contributed by atoms with Crippen LogP contribution in [0.2, 0.25) is 0 Å². The summed E-state index contributed by atoms with van der Waals surface area (Å²) in [5.41, 5.74) is -0.180. The van der Waals surface area contributed by atoms with E-state index in [2.05, 4.69) is 4.98 Å². The number of hydrogen-bond acceptors (Lipinski definition) is 2. The Bertz CT molecular complexity index is 1180. The topological polar surface area (TPSA) is 55.1 Å². The first kappa shape index (κ1) is 17.1. The first-order chi connectivity index (χ1) is 12.8. The first-order valence-corrected chi connectivity index (χ1v) is 8.09. The van der Waals surface area contributed by atoms with Crippen molar-refractivity contribution in [1.82, 2.24) is 9.55 Å². The van der Waals surface area contributed by atoms with Crippen LogP contribution in [0.4, 0.5) is 13.2 Å². The molecule has 0 aliphatic rings. The van der Waals surface area contributed by atoms with Crippen molar-refractivity contribution in [2.45, 2.75) is 12.7 Å². The molecule has 0 aliphatic carbocycles. The van der Waals surface area contributed by atoms with E-state index >= 15 is 0 Å². The molecule has 0 bridgehead atoms. The number of rotatable bonds is 3. The van der Waals surface area contributed by atoms with Crippen molar-refractivity contribution < 1.29 is 23.1 Å². The molecule has 0 spiro atoms. The van der Waals surface area contributed by atoms with E-state index in [1.165, 1.54) is 6.07 Å². The average molecular weight is 370 g/mol. The number of carbonyl (C=O) groups is 1. The third-order valence-electron chi connectivity index (χ3n) is 4.48. The lowest BCUT2D eigenvalue weighted by atomic mass is 10.1. The van der Waals surface area contributed by atoms with E-state index in [0.717, 1.165) is 22.4 Å². The van der Waals surface area contributed by atoms with Gasteiger partial charge >= 0.3 is 12.1 Å². The summed E-state index contributed by atoms with van der Waals surface area (Å²) in [6.45, 7) is 0.333. The number of nitrogens with zero attached hydrogens (tertiary/aromatic N) is 2. The Morgan fingerprint density at radius 3 is 2.59 bits per heavy atom. The van der Waals surface area contributed by atoms with E-state index in [1.54, 1.807) is 23.2 Å². The third kappa shape index (κ3) is 3.12. The Kier molecular flexibility index (Phi) is 3.87. The highest BCUT2D eigenvalue weighted by Gasteiger charge is 2.32. The van der Waals surface area contributed by atoms with E-state index in [9.17, 15) is 23.1 Å². The van der Waals surface area contributed by atoms with Crippen LogP contribution in [0.1, 0.15) is 21.5 Å². The van der Waals surface area contributed by atoms with Gasteiger partial charge in [-0.3, -0.25) is 4.98 Å². The van der Waals surface area contributed by atoms with Gasteiger partial charge in [-0.2, -0.15) is 13.2 Å². The van der Waals surface area contributed by atoms with Gasteiger partial charge in [0.25, 0.3) is 0 Å². The minimum atomic E-state index is -4.61. The van der Waals surface area contributed by atoms with Gasteiger partial charge in [0.05, 0.1) is 16.6 Å². The van der Waals surface area contributed by atoms with Gasteiger partial charge in [0.15, 0.2) is 0 Å². The Morgan fingerprint density at radius 2 is 1.85 bits per heavy atom. The fraction of sp³-hybridized carbons (Fsp3) is 0.100. The van der Waals surface area contributed by atoms with E-state index in [4.69, 9.17) is 0 Å². The lowest BCUT2D eigenvalue weighted by Gasteiger charge is -2.12. The normalized spacial score (nSPS) is 12.0. The monoisotopic (exact) mass is 370 g/mol. The molecule has 0 amide bonds. The van der Waals surface area contributed by atoms with Crippen LogP contribution < -0.4 is 0 Å². The van der Waals surface area contributed by atoms with Gasteiger partial charge in [0.1, 0.15) is 0 Å². The molecule has 7 heteroatoms. The zero-order valence-electron chi connectivity index (χ0n) is 13.9. The van der Waals surface area contributed by atoms with E-state index in [0.29, 0.717) is 12.6 Å². The van der Waals surface area contributed by atoms with Crippen molar-refractivity contribution in [2.24, 2.45) is 0 Å². The summed E-state index contributed by atoms with van der Waals surface area (Å²) in [6.07, 6.45) is 0.417. The molecule has 0 fully saturated rings. The lowest BCUT2D eigenvalue weighted by Crippen LogP contribution is -2.10. The largest absolute Gasteiger partial charge is 0.478 e. The molecule has 4 rings (SSSR count). The minimum absolute atomic E-state index is 0.240. The third-order valence-corrected chi connectivity index (χ3v) is 4.48. The number of pyridine rings is 1. The number of alkyl halides is 3. The zero-order valence-corrected chi connectivity index (χ0v) is 13.9. The maximum atomic E-state index is 13.1. The van der Waals surface area contributed by atoms with Gasteiger partial charge in [-0.1, -0.05) is 12.1 Å². The second-order valence-electron chi connectivity index (χ2n) is 6.27. The molecule has 1 N–H and O–H groups in total. The molecule has 0 unspecified atom stereocenters. The summed E-state index contributed by atoms with van der Waals surface area (Å²) in [5.74, 6) is -1.39. The molecule has 136 valence electrons. The Morgan fingerprint density at radius 1 is 1.04 bits per heavy atom. The minimum Gasteiger partial charge on any atom is -0.478 e. The molecule has 2 heterocycles. The van der Waals surface area contributed by atoms with Gasteiger partial charge < -0.3 is 9.67 Å². The van der Waals surface area contributed by atoms with E-state index in [-0.39, 0.29) is 16.5 Å². The lowest BCUT2D eigenvalue weighted by molar-refractivity contribution is -0.137. The van der Waals surface area contributed by atoms with E-state index < -0.39 is 17.7 Å². The van der Waals surface area contributed by atoms with Crippen LogP contribution in [-0.2, 0) is 12.7 Å². The quantitative estimate of drug-likeness (QED) is 0.555. The molecule has 0 saturated heterocycles. The van der Waals surface area contributed by atoms with E-state index in [1.807, 2.05) is 24.3 Å². The van der Waals surface area contributed by atoms with Crippen LogP contribution >= 0.6 is 0 Å². The van der Waals surface area contributed by atoms with Gasteiger partial charge in [0, 0.05) is 35.9 Å². The summed E-state index contributed by atoms with van der Waals surface area (Å²) >= 11 is 0. The molecule has 2 aromatic carbocycles. The Labute approximate surface area is 151 Å². The van der Waals surface area contributed by atoms with Crippen molar-refractivity contribution in [3.05, 3.63) is 77.7 Å². The van der Waals surface area contributed by atoms with Gasteiger partial charge in [-0.25, -0.2) is 4.79 Å². The number of fused-ring (bicyclic) bond motifs is 2. The van der Waals surface area contributed by atoms with Crippen molar-refractivity contribution in [2.75, 3.05) is 0 Å². The summed E-state index contributed by atoms with van der Waals surface area (Å²) < 4.78 is 40.8. The van der Waals surface area contributed by atoms with Crippen molar-refractivity contribution in [3.8, 4) is 0 Å². The number of benzene rings is 2. The van der Waals surface area contributed by atoms with Crippen LogP contribution in [-0.4, -0.2) is 20.6 Å². The molecule has 0 radical (unpaired) electrons. The average Bonchev–Trinajstić information content (AvgIpc) is 3.03. The molecule has 0 aliphatic heterocycles. The molecule has 2 aromatic heterocycles. The number of carboxylic acid groups (broad SMARTS) is 1. The fourth-order valence-corrected chi connectivity index (χ4v) is 3.24. The molecule has 0 atom stereocenters. The SMILES string of the molecule is O=C(O)c1cc(C(F)(F)F)cc2ccn(Cc3ccc4ccncc4c3)c12. The Hall–Kier alpha value is -3.35. The number of carboxylic acids is 1. The smallest absolute Gasteiger partial charge is 0.416 e. The highest BCUT2D eigenvalue weighted by molar-refractivity contribution is 6.03. The molecular formula is C20H13F3N2O2. The van der Waals surface area contributed by atoms with Crippen molar-refractivity contribution in [1.29, 1.82) is 0 Å². The van der Waals surface area contributed by atoms with Gasteiger partial charge in [0.2, 0.25) is 0 Å². The maximum Gasteiger partial charge on any atom is 0.416 e. The molecule has 4 nitrogen and oxygen atoms in total. The standard InChI is InChI=1S/C20H13F3N2O2/c21-20(22,23)16-8-14-4-6-25(18(14)17(9-16)19(26)27)11-12-1-2-13-3-5-24-10-15(13)7-12/h1-10H,11H2,(H,26,27). The van der Waals surface area contributed by atoms with Crippen LogP contribution in [0.15, 0.2) is 61.1 Å². The highest BCUT2D eigenvalue weighted by atomic mass is 19.4. The summed E-state index contributed by atoms with van der Waals surface area (Å²) in [7, 11) is 0. The predicted molar refractivity (Wildman–Crippen MR) is 94.7 cm³/mol. The summed E-state index contributed by atoms with van der Waals surface area (Å²) in [4.78, 5) is 15.7. The summed E-state index contributed by atoms with van der Waals surface area (Å²) in [5, 5.41) is 11.6. The van der Waals surface area contributed by atoms with Gasteiger partial charge in [-0.15, -0.1) is 0 Å². The number of halogens is 3. The van der Waals surface area contributed by atoms with Crippen LogP contribution in [0.3, 0.4) is 0 Å². The second-order valence-corrected chi connectivity index (χ2v) is 6.27. The second kappa shape index (κ2) is 6.12.